The highest BCUT2D eigenvalue weighted by molar-refractivity contribution is 5.36. The highest BCUT2D eigenvalue weighted by Gasteiger charge is 2.19. The Morgan fingerprint density at radius 2 is 2.19 bits per heavy atom. The quantitative estimate of drug-likeness (QED) is 0.682. The van der Waals surface area contributed by atoms with Crippen molar-refractivity contribution in [1.82, 2.24) is 39.8 Å². The Labute approximate surface area is 120 Å². The van der Waals surface area contributed by atoms with E-state index in [4.69, 9.17) is 6.15 Å². The van der Waals surface area contributed by atoms with Gasteiger partial charge in [0.25, 0.3) is 0 Å². The zero-order chi connectivity index (χ0) is 15.9. The third-order valence-electron chi connectivity index (χ3n) is 3.16. The Bertz CT molecular complexity index is 873. The topological polar surface area (TPSA) is 108 Å². The van der Waals surface area contributed by atoms with Gasteiger partial charge in [0.2, 0.25) is 5.88 Å². The van der Waals surface area contributed by atoms with Crippen LogP contribution >= 0.6 is 0 Å². The second kappa shape index (κ2) is 4.89. The summed E-state index contributed by atoms with van der Waals surface area (Å²) in [6, 6.07) is 1.58. The molecule has 10 heteroatoms. The largest absolute Gasteiger partial charge is 0.472 e. The van der Waals surface area contributed by atoms with Gasteiger partial charge >= 0.3 is 5.69 Å². The molecule has 0 unspecified atom stereocenters. The third kappa shape index (κ3) is 2.20. The van der Waals surface area contributed by atoms with Gasteiger partial charge < -0.3 is 4.74 Å². The fraction of sp³-hybridized carbons (Fsp3) is 0.364. The number of rotatable bonds is 4. The van der Waals surface area contributed by atoms with Crippen LogP contribution in [0.25, 0.3) is 5.82 Å². The zero-order valence-electron chi connectivity index (χ0n) is 12.8. The summed E-state index contributed by atoms with van der Waals surface area (Å²) in [5.74, 6) is 0.680. The summed E-state index contributed by atoms with van der Waals surface area (Å²) in [6.45, 7) is 2.01. The molecule has 110 valence electrons. The number of hydrogen-bond donors (Lipinski definition) is 1. The van der Waals surface area contributed by atoms with E-state index >= 15 is 0 Å². The predicted molar refractivity (Wildman–Crippen MR) is 71.0 cm³/mol. The van der Waals surface area contributed by atoms with Crippen LogP contribution in [0.1, 0.15) is 11.3 Å². The van der Waals surface area contributed by atoms with E-state index in [2.05, 4.69) is 20.6 Å². The minimum absolute atomic E-state index is 0.148. The maximum atomic E-state index is 12.0. The Morgan fingerprint density at radius 1 is 1.38 bits per heavy atom. The number of aryl methyl sites for hydroxylation is 2. The molecule has 0 radical (unpaired) electrons. The molecule has 0 bridgehead atoms. The van der Waals surface area contributed by atoms with Gasteiger partial charge in [-0.05, 0) is 17.4 Å². The lowest BCUT2D eigenvalue weighted by Gasteiger charge is -2.04. The van der Waals surface area contributed by atoms with Crippen molar-refractivity contribution in [2.45, 2.75) is 13.5 Å². The molecule has 3 heterocycles. The number of nitrogens with zero attached hydrogens (tertiary/aromatic N) is 7. The monoisotopic (exact) mass is 292 g/mol. The maximum Gasteiger partial charge on any atom is 0.369 e. The number of tetrazole rings is 1. The first-order valence-corrected chi connectivity index (χ1v) is 6.17. The molecule has 0 atom stereocenters. The lowest BCUT2D eigenvalue weighted by molar-refractivity contribution is 0.292. The first kappa shape index (κ1) is 11.9. The van der Waals surface area contributed by atoms with E-state index in [1.807, 2.05) is 6.92 Å². The van der Waals surface area contributed by atoms with E-state index in [0.29, 0.717) is 17.3 Å². The molecule has 0 aliphatic carbocycles. The van der Waals surface area contributed by atoms with Gasteiger partial charge in [-0.1, -0.05) is 0 Å². The molecule has 0 fully saturated rings. The van der Waals surface area contributed by atoms with Crippen LogP contribution < -0.4 is 10.4 Å². The van der Waals surface area contributed by atoms with Crippen molar-refractivity contribution in [1.29, 1.82) is 0 Å². The van der Waals surface area contributed by atoms with Crippen molar-refractivity contribution in [3.8, 4) is 11.7 Å². The second-order valence-corrected chi connectivity index (χ2v) is 4.47. The summed E-state index contributed by atoms with van der Waals surface area (Å²) < 4.78 is 16.7. The number of hydrogen-bond acceptors (Lipinski definition) is 6. The molecule has 0 aliphatic heterocycles. The van der Waals surface area contributed by atoms with E-state index in [1.165, 1.54) is 13.2 Å². The predicted octanol–water partition coefficient (Wildman–Crippen LogP) is -0.690. The fourth-order valence-corrected chi connectivity index (χ4v) is 1.86. The molecule has 0 aromatic carbocycles. The lowest BCUT2D eigenvalue weighted by atomic mass is 10.2. The Balaban J connectivity index is 1.96. The van der Waals surface area contributed by atoms with Crippen molar-refractivity contribution in [2.24, 2.45) is 14.1 Å². The van der Waals surface area contributed by atoms with Gasteiger partial charge in [0.05, 0.1) is 5.56 Å². The van der Waals surface area contributed by atoms with Crippen LogP contribution in [0.15, 0.2) is 17.1 Å². The van der Waals surface area contributed by atoms with Gasteiger partial charge in [-0.3, -0.25) is 9.77 Å². The highest BCUT2D eigenvalue weighted by Crippen LogP contribution is 2.17. The minimum Gasteiger partial charge on any atom is -0.472 e. The smallest absolute Gasteiger partial charge is 0.369 e. The standard InChI is InChI=1S/C11H14N8O2/c1-7-8(6-21-9-4-5-12-13-9)10(14-17(7)2)19-11(20)18(3)15-16-19/h4-5H,6H2,1-3H3,(H,12,13)/i/hT. The van der Waals surface area contributed by atoms with Crippen LogP contribution in [-0.4, -0.2) is 39.8 Å². The van der Waals surface area contributed by atoms with Gasteiger partial charge in [0.15, 0.2) is 7.23 Å². The molecule has 0 spiro atoms. The van der Waals surface area contributed by atoms with Crippen molar-refractivity contribution >= 4 is 0 Å². The van der Waals surface area contributed by atoms with E-state index in [-0.39, 0.29) is 6.61 Å². The molecule has 0 amide bonds. The highest BCUT2D eigenvalue weighted by atomic mass is 16.5. The number of H-pyrrole nitrogens is 1. The molecule has 0 aliphatic rings. The molecular formula is C11H14N8O2. The van der Waals surface area contributed by atoms with Gasteiger partial charge in [-0.25, -0.2) is 4.79 Å². The molecule has 3 rings (SSSR count). The molecule has 3 aromatic rings. The van der Waals surface area contributed by atoms with Gasteiger partial charge in [0, 0.05) is 32.1 Å². The van der Waals surface area contributed by atoms with Crippen molar-refractivity contribution in [2.75, 3.05) is 0 Å². The fourth-order valence-electron chi connectivity index (χ4n) is 1.86. The summed E-state index contributed by atoms with van der Waals surface area (Å²) in [4.78, 5) is 12.0. The molecular weight excluding hydrogens is 276 g/mol. The molecule has 3 aromatic heterocycles. The van der Waals surface area contributed by atoms with Crippen molar-refractivity contribution in [3.63, 3.8) is 0 Å². The van der Waals surface area contributed by atoms with E-state index in [1.54, 1.807) is 17.8 Å². The average Bonchev–Trinajstić information content (AvgIpc) is 3.11. The molecule has 1 N–H and O–H groups in total. The molecule has 10 nitrogen and oxygen atoms in total. The number of aromatic nitrogens is 8. The van der Waals surface area contributed by atoms with Gasteiger partial charge in [-0.2, -0.15) is 9.78 Å². The van der Waals surface area contributed by atoms with Crippen LogP contribution in [0.2, 0.25) is 1.41 Å². The van der Waals surface area contributed by atoms with Crippen molar-refractivity contribution in [3.05, 3.63) is 34.0 Å². The third-order valence-corrected chi connectivity index (χ3v) is 3.16. The van der Waals surface area contributed by atoms with E-state index < -0.39 is 5.69 Å². The number of ether oxygens (including phenoxy) is 1. The maximum absolute atomic E-state index is 12.0. The number of aromatic amines is 1. The van der Waals surface area contributed by atoms with Crippen LogP contribution in [0.5, 0.6) is 5.88 Å². The average molecular weight is 292 g/mol. The SMILES string of the molecule is [3H]n1ccc(OCc2c(-n3nnn(C)c3=O)nn(C)c2C)n1. The minimum atomic E-state index is -0.394. The van der Waals surface area contributed by atoms with Gasteiger partial charge in [0.1, 0.15) is 6.61 Å². The zero-order valence-corrected chi connectivity index (χ0v) is 11.8. The van der Waals surface area contributed by atoms with Crippen LogP contribution in [-0.2, 0) is 20.7 Å². The summed E-state index contributed by atoms with van der Waals surface area (Å²) in [6.07, 6.45) is 1.46. The van der Waals surface area contributed by atoms with E-state index in [9.17, 15) is 4.79 Å². The van der Waals surface area contributed by atoms with Crippen LogP contribution in [0.4, 0.5) is 0 Å². The normalized spacial score (nSPS) is 11.7. The van der Waals surface area contributed by atoms with E-state index in [0.717, 1.165) is 20.1 Å². The summed E-state index contributed by atoms with van der Waals surface area (Å²) in [7, 11) is 3.28. The summed E-state index contributed by atoms with van der Waals surface area (Å²) in [5.41, 5.74) is 1.14. The Morgan fingerprint density at radius 3 is 2.81 bits per heavy atom. The Hall–Kier alpha value is -2.91. The number of nitrogens with one attached hydrogen (secondary N) is 1. The first-order chi connectivity index (χ1) is 10.5. The Kier molecular flexibility index (Phi) is 2.76. The summed E-state index contributed by atoms with van der Waals surface area (Å²) >= 11 is 0. The summed E-state index contributed by atoms with van der Waals surface area (Å²) in [5, 5.41) is 16.5. The first-order valence-electron chi connectivity index (χ1n) is 6.61. The second-order valence-electron chi connectivity index (χ2n) is 4.47. The molecule has 21 heavy (non-hydrogen) atoms. The van der Waals surface area contributed by atoms with Crippen molar-refractivity contribution < 1.29 is 6.15 Å². The molecule has 0 saturated carbocycles. The van der Waals surface area contributed by atoms with Crippen LogP contribution in [0.3, 0.4) is 0 Å². The van der Waals surface area contributed by atoms with Crippen LogP contribution in [0, 0.1) is 6.92 Å². The lowest BCUT2D eigenvalue weighted by Crippen LogP contribution is -2.23. The molecule has 0 saturated heterocycles. The van der Waals surface area contributed by atoms with Gasteiger partial charge in [-0.15, -0.1) is 9.78 Å².